The fourth-order valence-corrected chi connectivity index (χ4v) is 2.40. The minimum Gasteiger partial charge on any atom is -0.494 e. The zero-order valence-electron chi connectivity index (χ0n) is 13.2. The molecule has 0 bridgehead atoms. The highest BCUT2D eigenvalue weighted by Gasteiger charge is 2.10. The van der Waals surface area contributed by atoms with Gasteiger partial charge in [0.05, 0.1) is 12.2 Å². The van der Waals surface area contributed by atoms with Gasteiger partial charge in [0.1, 0.15) is 30.0 Å². The van der Waals surface area contributed by atoms with E-state index in [9.17, 15) is 4.79 Å². The molecule has 0 amide bonds. The van der Waals surface area contributed by atoms with Crippen molar-refractivity contribution in [2.45, 2.75) is 20.5 Å². The number of carbonyl (C=O) groups is 1. The maximum Gasteiger partial charge on any atom is 0.163 e. The van der Waals surface area contributed by atoms with Crippen molar-refractivity contribution in [2.24, 2.45) is 0 Å². The van der Waals surface area contributed by atoms with E-state index in [1.54, 1.807) is 0 Å². The summed E-state index contributed by atoms with van der Waals surface area (Å²) >= 11 is 0. The predicted octanol–water partition coefficient (Wildman–Crippen LogP) is 4.61. The molecule has 118 valence electrons. The number of furan rings is 1. The van der Waals surface area contributed by atoms with Gasteiger partial charge < -0.3 is 13.9 Å². The molecule has 0 saturated heterocycles. The Labute approximate surface area is 134 Å². The summed E-state index contributed by atoms with van der Waals surface area (Å²) in [5.74, 6) is 1.60. The highest BCUT2D eigenvalue weighted by atomic mass is 16.5. The SMILES string of the molecule is CCOc1ccc(OCc2ccc3c(C(C)=O)coc3c2)cc1. The fraction of sp³-hybridized carbons (Fsp3) is 0.211. The van der Waals surface area contributed by atoms with Gasteiger partial charge in [0.2, 0.25) is 0 Å². The van der Waals surface area contributed by atoms with Gasteiger partial charge in [-0.25, -0.2) is 0 Å². The molecule has 1 aromatic heterocycles. The third-order valence-electron chi connectivity index (χ3n) is 3.56. The Balaban J connectivity index is 1.70. The van der Waals surface area contributed by atoms with Crippen LogP contribution in [0.5, 0.6) is 11.5 Å². The van der Waals surface area contributed by atoms with E-state index >= 15 is 0 Å². The molecule has 0 aliphatic heterocycles. The fourth-order valence-electron chi connectivity index (χ4n) is 2.40. The van der Waals surface area contributed by atoms with Crippen molar-refractivity contribution in [3.63, 3.8) is 0 Å². The molecule has 0 aliphatic carbocycles. The molecule has 4 heteroatoms. The second-order valence-electron chi connectivity index (χ2n) is 5.23. The topological polar surface area (TPSA) is 48.7 Å². The first-order valence-corrected chi connectivity index (χ1v) is 7.54. The molecule has 4 nitrogen and oxygen atoms in total. The molecule has 3 rings (SSSR count). The summed E-state index contributed by atoms with van der Waals surface area (Å²) in [6.45, 7) is 4.56. The molecular formula is C19H18O4. The van der Waals surface area contributed by atoms with Crippen LogP contribution in [-0.4, -0.2) is 12.4 Å². The number of benzene rings is 2. The first-order chi connectivity index (χ1) is 11.2. The number of fused-ring (bicyclic) bond motifs is 1. The predicted molar refractivity (Wildman–Crippen MR) is 88.2 cm³/mol. The van der Waals surface area contributed by atoms with Gasteiger partial charge in [-0.15, -0.1) is 0 Å². The smallest absolute Gasteiger partial charge is 0.163 e. The van der Waals surface area contributed by atoms with Gasteiger partial charge >= 0.3 is 0 Å². The Hall–Kier alpha value is -2.75. The minimum absolute atomic E-state index is 0.00198. The van der Waals surface area contributed by atoms with Gasteiger partial charge in [0.25, 0.3) is 0 Å². The van der Waals surface area contributed by atoms with E-state index in [1.807, 2.05) is 49.4 Å². The lowest BCUT2D eigenvalue weighted by molar-refractivity contribution is 0.101. The van der Waals surface area contributed by atoms with Crippen LogP contribution in [0.1, 0.15) is 29.8 Å². The zero-order valence-corrected chi connectivity index (χ0v) is 13.2. The van der Waals surface area contributed by atoms with Crippen molar-refractivity contribution >= 4 is 16.8 Å². The Bertz CT molecular complexity index is 815. The van der Waals surface area contributed by atoms with E-state index < -0.39 is 0 Å². The third kappa shape index (κ3) is 3.37. The van der Waals surface area contributed by atoms with E-state index in [4.69, 9.17) is 13.9 Å². The summed E-state index contributed by atoms with van der Waals surface area (Å²) < 4.78 is 16.6. The third-order valence-corrected chi connectivity index (χ3v) is 3.56. The van der Waals surface area contributed by atoms with Crippen LogP contribution in [0.15, 0.2) is 53.1 Å². The number of carbonyl (C=O) groups excluding carboxylic acids is 1. The Morgan fingerprint density at radius 3 is 2.39 bits per heavy atom. The lowest BCUT2D eigenvalue weighted by Gasteiger charge is -2.08. The summed E-state index contributed by atoms with van der Waals surface area (Å²) in [7, 11) is 0. The Morgan fingerprint density at radius 2 is 1.74 bits per heavy atom. The van der Waals surface area contributed by atoms with Gasteiger partial charge in [0, 0.05) is 5.39 Å². The van der Waals surface area contributed by atoms with Crippen LogP contribution < -0.4 is 9.47 Å². The van der Waals surface area contributed by atoms with Gasteiger partial charge in [-0.1, -0.05) is 6.07 Å². The van der Waals surface area contributed by atoms with Gasteiger partial charge in [-0.2, -0.15) is 0 Å². The van der Waals surface area contributed by atoms with Crippen LogP contribution in [0.4, 0.5) is 0 Å². The van der Waals surface area contributed by atoms with Crippen LogP contribution >= 0.6 is 0 Å². The van der Waals surface area contributed by atoms with Gasteiger partial charge in [0.15, 0.2) is 5.78 Å². The molecule has 0 spiro atoms. The largest absolute Gasteiger partial charge is 0.494 e. The first-order valence-electron chi connectivity index (χ1n) is 7.54. The molecule has 0 fully saturated rings. The summed E-state index contributed by atoms with van der Waals surface area (Å²) in [6, 6.07) is 13.3. The number of ketones is 1. The number of ether oxygens (including phenoxy) is 2. The van der Waals surface area contributed by atoms with E-state index in [0.29, 0.717) is 24.4 Å². The Morgan fingerprint density at radius 1 is 1.04 bits per heavy atom. The number of hydrogen-bond acceptors (Lipinski definition) is 4. The average molecular weight is 310 g/mol. The molecule has 1 heterocycles. The number of Topliss-reactive ketones (excluding diaryl/α,β-unsaturated/α-hetero) is 1. The van der Waals surface area contributed by atoms with E-state index in [0.717, 1.165) is 22.4 Å². The molecule has 0 radical (unpaired) electrons. The quantitative estimate of drug-likeness (QED) is 0.624. The second kappa shape index (κ2) is 6.57. The van der Waals surface area contributed by atoms with Gasteiger partial charge in [-0.05, 0) is 55.8 Å². The molecule has 0 unspecified atom stereocenters. The van der Waals surface area contributed by atoms with Crippen LogP contribution in [0.25, 0.3) is 11.0 Å². The molecule has 23 heavy (non-hydrogen) atoms. The molecule has 3 aromatic rings. The lowest BCUT2D eigenvalue weighted by atomic mass is 10.1. The first kappa shape index (κ1) is 15.2. The molecule has 0 aliphatic rings. The van der Waals surface area contributed by atoms with Crippen LogP contribution in [-0.2, 0) is 6.61 Å². The number of rotatable bonds is 6. The van der Waals surface area contributed by atoms with Crippen molar-refractivity contribution in [2.75, 3.05) is 6.61 Å². The summed E-state index contributed by atoms with van der Waals surface area (Å²) in [4.78, 5) is 11.5. The average Bonchev–Trinajstić information content (AvgIpc) is 2.98. The van der Waals surface area contributed by atoms with Crippen LogP contribution in [0.2, 0.25) is 0 Å². The maximum atomic E-state index is 11.5. The molecule has 0 saturated carbocycles. The van der Waals surface area contributed by atoms with Crippen molar-refractivity contribution in [3.05, 3.63) is 59.9 Å². The molecular weight excluding hydrogens is 292 g/mol. The summed E-state index contributed by atoms with van der Waals surface area (Å²) in [5, 5.41) is 0.835. The van der Waals surface area contributed by atoms with Crippen molar-refractivity contribution < 1.29 is 18.7 Å². The van der Waals surface area contributed by atoms with Crippen molar-refractivity contribution in [3.8, 4) is 11.5 Å². The van der Waals surface area contributed by atoms with Crippen LogP contribution in [0.3, 0.4) is 0 Å². The summed E-state index contributed by atoms with van der Waals surface area (Å²) in [5.41, 5.74) is 2.29. The molecule has 0 N–H and O–H groups in total. The number of hydrogen-bond donors (Lipinski definition) is 0. The standard InChI is InChI=1S/C19H18O4/c1-3-21-15-5-7-16(8-6-15)22-11-14-4-9-17-18(13(2)20)12-23-19(17)10-14/h4-10,12H,3,11H2,1-2H3. The van der Waals surface area contributed by atoms with E-state index in [-0.39, 0.29) is 5.78 Å². The monoisotopic (exact) mass is 310 g/mol. The maximum absolute atomic E-state index is 11.5. The Kier molecular flexibility index (Phi) is 4.33. The van der Waals surface area contributed by atoms with E-state index in [2.05, 4.69) is 0 Å². The van der Waals surface area contributed by atoms with Crippen molar-refractivity contribution in [1.82, 2.24) is 0 Å². The van der Waals surface area contributed by atoms with Crippen molar-refractivity contribution in [1.29, 1.82) is 0 Å². The van der Waals surface area contributed by atoms with E-state index in [1.165, 1.54) is 13.2 Å². The normalized spacial score (nSPS) is 10.7. The van der Waals surface area contributed by atoms with Crippen LogP contribution in [0, 0.1) is 0 Å². The highest BCUT2D eigenvalue weighted by Crippen LogP contribution is 2.24. The van der Waals surface area contributed by atoms with Gasteiger partial charge in [-0.3, -0.25) is 4.79 Å². The summed E-state index contributed by atoms with van der Waals surface area (Å²) in [6.07, 6.45) is 1.50. The molecule has 2 aromatic carbocycles. The second-order valence-corrected chi connectivity index (χ2v) is 5.23. The minimum atomic E-state index is 0.00198. The molecule has 0 atom stereocenters. The lowest BCUT2D eigenvalue weighted by Crippen LogP contribution is -1.96. The highest BCUT2D eigenvalue weighted by molar-refractivity contribution is 6.05. The zero-order chi connectivity index (χ0) is 16.2.